The van der Waals surface area contributed by atoms with Crippen molar-refractivity contribution in [3.8, 4) is 0 Å². The van der Waals surface area contributed by atoms with Gasteiger partial charge in [0, 0.05) is 26.3 Å². The van der Waals surface area contributed by atoms with Crippen LogP contribution >= 0.6 is 22.6 Å². The standard InChI is InChI=1S/C19H17IN2/c1-14-5-9-16(10-6-14)21-18-3-2-4-19(13-18)22-17-11-7-15(20)8-12-17/h2-13,21-22H,1H3. The van der Waals surface area contributed by atoms with Crippen LogP contribution in [-0.2, 0) is 0 Å². The van der Waals surface area contributed by atoms with Gasteiger partial charge >= 0.3 is 0 Å². The van der Waals surface area contributed by atoms with Crippen molar-refractivity contribution in [2.24, 2.45) is 0 Å². The van der Waals surface area contributed by atoms with E-state index in [-0.39, 0.29) is 0 Å². The summed E-state index contributed by atoms with van der Waals surface area (Å²) in [5, 5.41) is 6.85. The molecule has 2 N–H and O–H groups in total. The summed E-state index contributed by atoms with van der Waals surface area (Å²) in [5.41, 5.74) is 5.59. The number of anilines is 4. The number of benzene rings is 3. The number of hydrogen-bond acceptors (Lipinski definition) is 2. The predicted molar refractivity (Wildman–Crippen MR) is 103 cm³/mol. The molecule has 0 fully saturated rings. The minimum absolute atomic E-state index is 1.07. The highest BCUT2D eigenvalue weighted by Gasteiger charge is 1.98. The van der Waals surface area contributed by atoms with Crippen molar-refractivity contribution in [2.75, 3.05) is 10.6 Å². The van der Waals surface area contributed by atoms with Crippen LogP contribution in [0, 0.1) is 10.5 Å². The number of hydrogen-bond donors (Lipinski definition) is 2. The second-order valence-corrected chi connectivity index (χ2v) is 6.45. The number of halogens is 1. The van der Waals surface area contributed by atoms with Crippen molar-refractivity contribution in [2.45, 2.75) is 6.92 Å². The molecule has 0 heterocycles. The zero-order valence-corrected chi connectivity index (χ0v) is 14.5. The first-order chi connectivity index (χ1) is 10.7. The predicted octanol–water partition coefficient (Wildman–Crippen LogP) is 6.09. The summed E-state index contributed by atoms with van der Waals surface area (Å²) in [7, 11) is 0. The van der Waals surface area contributed by atoms with E-state index in [2.05, 4.69) is 107 Å². The van der Waals surface area contributed by atoms with Gasteiger partial charge in [-0.1, -0.05) is 23.8 Å². The summed E-state index contributed by atoms with van der Waals surface area (Å²) >= 11 is 2.31. The van der Waals surface area contributed by atoms with Gasteiger partial charge in [-0.15, -0.1) is 0 Å². The molecular weight excluding hydrogens is 383 g/mol. The average Bonchev–Trinajstić information content (AvgIpc) is 2.52. The maximum atomic E-state index is 3.43. The van der Waals surface area contributed by atoms with Gasteiger partial charge in [-0.25, -0.2) is 0 Å². The molecule has 0 aliphatic heterocycles. The number of rotatable bonds is 4. The average molecular weight is 400 g/mol. The van der Waals surface area contributed by atoms with Gasteiger partial charge in [-0.2, -0.15) is 0 Å². The van der Waals surface area contributed by atoms with Gasteiger partial charge in [0.25, 0.3) is 0 Å². The fourth-order valence-electron chi connectivity index (χ4n) is 2.18. The minimum atomic E-state index is 1.07. The second kappa shape index (κ2) is 6.83. The molecule has 0 aliphatic rings. The van der Waals surface area contributed by atoms with Gasteiger partial charge in [-0.05, 0) is 84.1 Å². The van der Waals surface area contributed by atoms with Crippen LogP contribution in [0.2, 0.25) is 0 Å². The third kappa shape index (κ3) is 4.01. The molecular formula is C19H17IN2. The van der Waals surface area contributed by atoms with Crippen molar-refractivity contribution in [3.63, 3.8) is 0 Å². The van der Waals surface area contributed by atoms with Crippen LogP contribution in [0.3, 0.4) is 0 Å². The molecule has 3 heteroatoms. The van der Waals surface area contributed by atoms with E-state index >= 15 is 0 Å². The van der Waals surface area contributed by atoms with E-state index in [1.54, 1.807) is 0 Å². The first-order valence-corrected chi connectivity index (χ1v) is 8.23. The van der Waals surface area contributed by atoms with Gasteiger partial charge in [0.2, 0.25) is 0 Å². The Bertz CT molecular complexity index is 686. The third-order valence-electron chi connectivity index (χ3n) is 3.34. The Morgan fingerprint density at radius 3 is 1.68 bits per heavy atom. The Balaban J connectivity index is 1.74. The summed E-state index contributed by atoms with van der Waals surface area (Å²) < 4.78 is 1.23. The molecule has 110 valence electrons. The first kappa shape index (κ1) is 14.9. The summed E-state index contributed by atoms with van der Waals surface area (Å²) in [6.07, 6.45) is 0. The molecule has 2 nitrogen and oxygen atoms in total. The molecule has 0 aromatic heterocycles. The van der Waals surface area contributed by atoms with Gasteiger partial charge in [0.05, 0.1) is 0 Å². The van der Waals surface area contributed by atoms with Gasteiger partial charge in [0.15, 0.2) is 0 Å². The van der Waals surface area contributed by atoms with E-state index in [0.717, 1.165) is 22.7 Å². The van der Waals surface area contributed by atoms with Gasteiger partial charge in [-0.3, -0.25) is 0 Å². The van der Waals surface area contributed by atoms with E-state index in [4.69, 9.17) is 0 Å². The Morgan fingerprint density at radius 2 is 1.14 bits per heavy atom. The summed E-state index contributed by atoms with van der Waals surface area (Å²) in [6.45, 7) is 2.09. The van der Waals surface area contributed by atoms with E-state index in [9.17, 15) is 0 Å². The van der Waals surface area contributed by atoms with Gasteiger partial charge in [0.1, 0.15) is 0 Å². The smallest absolute Gasteiger partial charge is 0.0405 e. The highest BCUT2D eigenvalue weighted by Crippen LogP contribution is 2.23. The van der Waals surface area contributed by atoms with Crippen molar-refractivity contribution in [1.82, 2.24) is 0 Å². The molecule has 0 saturated heterocycles. The minimum Gasteiger partial charge on any atom is -0.355 e. The summed E-state index contributed by atoms with van der Waals surface area (Å²) in [4.78, 5) is 0. The Hall–Kier alpha value is -2.01. The van der Waals surface area contributed by atoms with Crippen LogP contribution in [0.25, 0.3) is 0 Å². The van der Waals surface area contributed by atoms with Crippen molar-refractivity contribution in [3.05, 3.63) is 81.9 Å². The highest BCUT2D eigenvalue weighted by molar-refractivity contribution is 14.1. The van der Waals surface area contributed by atoms with Crippen LogP contribution in [-0.4, -0.2) is 0 Å². The van der Waals surface area contributed by atoms with Gasteiger partial charge < -0.3 is 10.6 Å². The lowest BCUT2D eigenvalue weighted by Crippen LogP contribution is -1.93. The molecule has 0 amide bonds. The van der Waals surface area contributed by atoms with Crippen LogP contribution < -0.4 is 10.6 Å². The topological polar surface area (TPSA) is 24.1 Å². The van der Waals surface area contributed by atoms with E-state index in [0.29, 0.717) is 0 Å². The third-order valence-corrected chi connectivity index (χ3v) is 4.05. The molecule has 3 aromatic carbocycles. The monoisotopic (exact) mass is 400 g/mol. The van der Waals surface area contributed by atoms with E-state index in [1.165, 1.54) is 9.13 Å². The normalized spacial score (nSPS) is 10.3. The molecule has 0 aliphatic carbocycles. The highest BCUT2D eigenvalue weighted by atomic mass is 127. The molecule has 0 saturated carbocycles. The van der Waals surface area contributed by atoms with E-state index in [1.807, 2.05) is 6.07 Å². The Kier molecular flexibility index (Phi) is 4.63. The maximum Gasteiger partial charge on any atom is 0.0405 e. The van der Waals surface area contributed by atoms with Crippen molar-refractivity contribution >= 4 is 45.3 Å². The van der Waals surface area contributed by atoms with Crippen LogP contribution in [0.15, 0.2) is 72.8 Å². The zero-order valence-electron chi connectivity index (χ0n) is 12.3. The fourth-order valence-corrected chi connectivity index (χ4v) is 2.54. The molecule has 0 radical (unpaired) electrons. The second-order valence-electron chi connectivity index (χ2n) is 5.20. The Labute approximate surface area is 144 Å². The molecule has 3 aromatic rings. The fraction of sp³-hybridized carbons (Fsp3) is 0.0526. The SMILES string of the molecule is Cc1ccc(Nc2cccc(Nc3ccc(I)cc3)c2)cc1. The Morgan fingerprint density at radius 1 is 0.636 bits per heavy atom. The lowest BCUT2D eigenvalue weighted by atomic mass is 10.2. The zero-order chi connectivity index (χ0) is 15.4. The van der Waals surface area contributed by atoms with Crippen LogP contribution in [0.4, 0.5) is 22.7 Å². The largest absolute Gasteiger partial charge is 0.355 e. The molecule has 0 unspecified atom stereocenters. The maximum absolute atomic E-state index is 3.43. The molecule has 0 bridgehead atoms. The van der Waals surface area contributed by atoms with Crippen molar-refractivity contribution < 1.29 is 0 Å². The molecule has 22 heavy (non-hydrogen) atoms. The lowest BCUT2D eigenvalue weighted by molar-refractivity contribution is 1.45. The lowest BCUT2D eigenvalue weighted by Gasteiger charge is -2.10. The molecule has 0 atom stereocenters. The molecule has 3 rings (SSSR count). The number of nitrogens with one attached hydrogen (secondary N) is 2. The van der Waals surface area contributed by atoms with Crippen LogP contribution in [0.1, 0.15) is 5.56 Å². The first-order valence-electron chi connectivity index (χ1n) is 7.15. The summed E-state index contributed by atoms with van der Waals surface area (Å²) in [5.74, 6) is 0. The summed E-state index contributed by atoms with van der Waals surface area (Å²) in [6, 6.07) is 25.0. The van der Waals surface area contributed by atoms with E-state index < -0.39 is 0 Å². The quantitative estimate of drug-likeness (QED) is 0.518. The van der Waals surface area contributed by atoms with Crippen LogP contribution in [0.5, 0.6) is 0 Å². The number of aryl methyl sites for hydroxylation is 1. The molecule has 0 spiro atoms. The van der Waals surface area contributed by atoms with Crippen molar-refractivity contribution in [1.29, 1.82) is 0 Å².